The van der Waals surface area contributed by atoms with E-state index >= 15 is 0 Å². The van der Waals surface area contributed by atoms with Crippen LogP contribution in [0.15, 0.2) is 18.3 Å². The van der Waals surface area contributed by atoms with Gasteiger partial charge in [-0.25, -0.2) is 4.98 Å². The van der Waals surface area contributed by atoms with E-state index in [1.165, 1.54) is 0 Å². The molecule has 2 heterocycles. The van der Waals surface area contributed by atoms with Gasteiger partial charge in [0.15, 0.2) is 0 Å². The lowest BCUT2D eigenvalue weighted by Crippen LogP contribution is -2.44. The Balaban J connectivity index is 1.81. The highest BCUT2D eigenvalue weighted by molar-refractivity contribution is 5.25. The second kappa shape index (κ2) is 7.57. The lowest BCUT2D eigenvalue weighted by molar-refractivity contribution is -0.0182. The Morgan fingerprint density at radius 1 is 1.55 bits per heavy atom. The third-order valence-electron chi connectivity index (χ3n) is 3.23. The molecule has 1 aromatic heterocycles. The summed E-state index contributed by atoms with van der Waals surface area (Å²) < 4.78 is 11.4. The van der Waals surface area contributed by atoms with E-state index in [-0.39, 0.29) is 12.2 Å². The van der Waals surface area contributed by atoms with Gasteiger partial charge in [0.05, 0.1) is 18.8 Å². The minimum Gasteiger partial charge on any atom is -0.475 e. The molecule has 112 valence electrons. The fourth-order valence-electron chi connectivity index (χ4n) is 2.25. The van der Waals surface area contributed by atoms with Crippen LogP contribution in [0.25, 0.3) is 0 Å². The summed E-state index contributed by atoms with van der Waals surface area (Å²) in [6.45, 7) is 8.44. The topological polar surface area (TPSA) is 46.6 Å². The van der Waals surface area contributed by atoms with Gasteiger partial charge in [-0.15, -0.1) is 0 Å². The van der Waals surface area contributed by atoms with Gasteiger partial charge in [-0.05, 0) is 27.0 Å². The molecule has 1 saturated heterocycles. The quantitative estimate of drug-likeness (QED) is 0.850. The van der Waals surface area contributed by atoms with Crippen LogP contribution in [0.2, 0.25) is 0 Å². The first-order chi connectivity index (χ1) is 9.65. The van der Waals surface area contributed by atoms with Crippen molar-refractivity contribution in [2.24, 2.45) is 0 Å². The van der Waals surface area contributed by atoms with E-state index in [4.69, 9.17) is 9.47 Å². The number of ether oxygens (including phenoxy) is 2. The summed E-state index contributed by atoms with van der Waals surface area (Å²) in [6.07, 6.45) is 2.17. The maximum absolute atomic E-state index is 5.73. The van der Waals surface area contributed by atoms with Crippen molar-refractivity contribution in [2.45, 2.75) is 32.6 Å². The Morgan fingerprint density at radius 3 is 3.15 bits per heavy atom. The van der Waals surface area contributed by atoms with E-state index in [9.17, 15) is 0 Å². The maximum Gasteiger partial charge on any atom is 0.218 e. The number of hydrogen-bond donors (Lipinski definition) is 1. The Bertz CT molecular complexity index is 412. The smallest absolute Gasteiger partial charge is 0.218 e. The van der Waals surface area contributed by atoms with E-state index in [0.717, 1.165) is 44.2 Å². The van der Waals surface area contributed by atoms with Crippen LogP contribution < -0.4 is 10.1 Å². The summed E-state index contributed by atoms with van der Waals surface area (Å²) in [5.74, 6) is 0.719. The molecule has 5 heteroatoms. The third-order valence-corrected chi connectivity index (χ3v) is 3.23. The molecule has 1 atom stereocenters. The molecule has 2 rings (SSSR count). The lowest BCUT2D eigenvalue weighted by atomic mass is 10.2. The highest BCUT2D eigenvalue weighted by atomic mass is 16.5. The van der Waals surface area contributed by atoms with Crippen molar-refractivity contribution in [3.63, 3.8) is 0 Å². The van der Waals surface area contributed by atoms with Crippen LogP contribution >= 0.6 is 0 Å². The van der Waals surface area contributed by atoms with Crippen molar-refractivity contribution in [3.8, 4) is 5.88 Å². The van der Waals surface area contributed by atoms with E-state index < -0.39 is 0 Å². The van der Waals surface area contributed by atoms with Crippen molar-refractivity contribution in [2.75, 3.05) is 33.3 Å². The molecular weight excluding hydrogens is 254 g/mol. The van der Waals surface area contributed by atoms with Crippen LogP contribution in [0.5, 0.6) is 5.88 Å². The third kappa shape index (κ3) is 4.74. The van der Waals surface area contributed by atoms with Gasteiger partial charge < -0.3 is 19.7 Å². The number of aromatic nitrogens is 1. The summed E-state index contributed by atoms with van der Waals surface area (Å²) >= 11 is 0. The molecule has 5 nitrogen and oxygen atoms in total. The van der Waals surface area contributed by atoms with Crippen molar-refractivity contribution in [1.29, 1.82) is 0 Å². The van der Waals surface area contributed by atoms with Gasteiger partial charge in [-0.3, -0.25) is 0 Å². The first-order valence-corrected chi connectivity index (χ1v) is 7.26. The Labute approximate surface area is 121 Å². The zero-order valence-corrected chi connectivity index (χ0v) is 12.6. The Hall–Kier alpha value is -1.17. The van der Waals surface area contributed by atoms with Crippen molar-refractivity contribution >= 4 is 0 Å². The highest BCUT2D eigenvalue weighted by Crippen LogP contribution is 2.15. The summed E-state index contributed by atoms with van der Waals surface area (Å²) in [6, 6.07) is 3.99. The minimum atomic E-state index is 0.138. The Morgan fingerprint density at radius 2 is 2.40 bits per heavy atom. The SMILES string of the molecule is CC(C)Oc1ncccc1CNCC1CN(C)CCO1. The van der Waals surface area contributed by atoms with Gasteiger partial charge in [0.2, 0.25) is 5.88 Å². The first kappa shape index (κ1) is 15.2. The van der Waals surface area contributed by atoms with E-state index in [0.29, 0.717) is 0 Å². The van der Waals surface area contributed by atoms with Crippen molar-refractivity contribution < 1.29 is 9.47 Å². The molecule has 1 aliphatic rings. The first-order valence-electron chi connectivity index (χ1n) is 7.26. The van der Waals surface area contributed by atoms with Crippen molar-refractivity contribution in [3.05, 3.63) is 23.9 Å². The normalized spacial score (nSPS) is 20.3. The predicted molar refractivity (Wildman–Crippen MR) is 78.9 cm³/mol. The van der Waals surface area contributed by atoms with Crippen LogP contribution in [0.1, 0.15) is 19.4 Å². The molecule has 1 unspecified atom stereocenters. The zero-order valence-electron chi connectivity index (χ0n) is 12.6. The molecular formula is C15H25N3O2. The molecule has 1 fully saturated rings. The van der Waals surface area contributed by atoms with Gasteiger partial charge in [-0.2, -0.15) is 0 Å². The van der Waals surface area contributed by atoms with Gasteiger partial charge in [0, 0.05) is 37.9 Å². The van der Waals surface area contributed by atoms with E-state index in [1.807, 2.05) is 26.0 Å². The molecule has 0 aromatic carbocycles. The molecule has 0 aliphatic carbocycles. The second-order valence-electron chi connectivity index (χ2n) is 5.52. The lowest BCUT2D eigenvalue weighted by Gasteiger charge is -2.30. The van der Waals surface area contributed by atoms with Crippen LogP contribution in [-0.4, -0.2) is 55.4 Å². The average Bonchev–Trinajstić information content (AvgIpc) is 2.40. The maximum atomic E-state index is 5.73. The van der Waals surface area contributed by atoms with Gasteiger partial charge in [0.25, 0.3) is 0 Å². The summed E-state index contributed by atoms with van der Waals surface area (Å²) in [7, 11) is 2.13. The van der Waals surface area contributed by atoms with Crippen LogP contribution in [0.3, 0.4) is 0 Å². The molecule has 0 spiro atoms. The fraction of sp³-hybridized carbons (Fsp3) is 0.667. The molecule has 1 aliphatic heterocycles. The number of morpholine rings is 1. The molecule has 1 aromatic rings. The summed E-state index contributed by atoms with van der Waals surface area (Å²) in [5.41, 5.74) is 1.09. The monoisotopic (exact) mass is 279 g/mol. The molecule has 0 radical (unpaired) electrons. The number of pyridine rings is 1. The molecule has 0 bridgehead atoms. The van der Waals surface area contributed by atoms with Gasteiger partial charge >= 0.3 is 0 Å². The summed E-state index contributed by atoms with van der Waals surface area (Å²) in [5, 5.41) is 3.43. The number of nitrogens with zero attached hydrogens (tertiary/aromatic N) is 2. The predicted octanol–water partition coefficient (Wildman–Crippen LogP) is 1.29. The van der Waals surface area contributed by atoms with Crippen molar-refractivity contribution in [1.82, 2.24) is 15.2 Å². The fourth-order valence-corrected chi connectivity index (χ4v) is 2.25. The molecule has 1 N–H and O–H groups in total. The van der Waals surface area contributed by atoms with Gasteiger partial charge in [0.1, 0.15) is 0 Å². The number of rotatable bonds is 6. The highest BCUT2D eigenvalue weighted by Gasteiger charge is 2.17. The zero-order chi connectivity index (χ0) is 14.4. The number of hydrogen-bond acceptors (Lipinski definition) is 5. The van der Waals surface area contributed by atoms with Crippen LogP contribution in [0, 0.1) is 0 Å². The minimum absolute atomic E-state index is 0.138. The second-order valence-corrected chi connectivity index (χ2v) is 5.52. The van der Waals surface area contributed by atoms with Crippen LogP contribution in [-0.2, 0) is 11.3 Å². The van der Waals surface area contributed by atoms with E-state index in [1.54, 1.807) is 6.20 Å². The van der Waals surface area contributed by atoms with E-state index in [2.05, 4.69) is 22.2 Å². The summed E-state index contributed by atoms with van der Waals surface area (Å²) in [4.78, 5) is 6.59. The Kier molecular flexibility index (Phi) is 5.76. The van der Waals surface area contributed by atoms with Crippen LogP contribution in [0.4, 0.5) is 0 Å². The molecule has 0 amide bonds. The largest absolute Gasteiger partial charge is 0.475 e. The standard InChI is InChI=1S/C15H25N3O2/c1-12(2)20-15-13(5-4-6-17-15)9-16-10-14-11-18(3)7-8-19-14/h4-6,12,14,16H,7-11H2,1-3H3. The molecule has 0 saturated carbocycles. The molecule has 20 heavy (non-hydrogen) atoms. The van der Waals surface area contributed by atoms with Gasteiger partial charge in [-0.1, -0.05) is 6.07 Å². The number of nitrogens with one attached hydrogen (secondary N) is 1. The number of likely N-dealkylation sites (N-methyl/N-ethyl adjacent to an activating group) is 1. The average molecular weight is 279 g/mol.